The average molecular weight is 672 g/mol. The molecule has 3 heterocycles. The van der Waals surface area contributed by atoms with E-state index >= 15 is 0 Å². The Kier molecular flexibility index (Phi) is 14.1. The summed E-state index contributed by atoms with van der Waals surface area (Å²) < 4.78 is 0. The van der Waals surface area contributed by atoms with Crippen molar-refractivity contribution in [1.82, 2.24) is 20.4 Å². The van der Waals surface area contributed by atoms with Crippen LogP contribution >= 0.6 is 23.2 Å². The molecule has 0 saturated carbocycles. The highest BCUT2D eigenvalue weighted by molar-refractivity contribution is 6.30. The molecule has 4 N–H and O–H groups in total. The van der Waals surface area contributed by atoms with Crippen LogP contribution in [-0.4, -0.2) is 94.7 Å². The predicted molar refractivity (Wildman–Crippen MR) is 179 cm³/mol. The lowest BCUT2D eigenvalue weighted by molar-refractivity contribution is -0.138. The zero-order chi connectivity index (χ0) is 33.6. The van der Waals surface area contributed by atoms with Crippen molar-refractivity contribution in [3.05, 3.63) is 81.1 Å². The number of amides is 2. The molecule has 0 radical (unpaired) electrons. The van der Waals surface area contributed by atoms with E-state index in [1.165, 1.54) is 9.80 Å². The van der Waals surface area contributed by atoms with Crippen molar-refractivity contribution in [2.24, 2.45) is 9.98 Å². The fourth-order valence-electron chi connectivity index (χ4n) is 4.30. The van der Waals surface area contributed by atoms with Crippen LogP contribution in [0.15, 0.2) is 69.9 Å². The van der Waals surface area contributed by atoms with Crippen LogP contribution in [0.5, 0.6) is 0 Å². The summed E-state index contributed by atoms with van der Waals surface area (Å²) in [6.45, 7) is 8.17. The molecule has 1 fully saturated rings. The van der Waals surface area contributed by atoms with Gasteiger partial charge < -0.3 is 20.8 Å². The minimum absolute atomic E-state index is 0.104. The number of amidine groups is 2. The third-order valence-electron chi connectivity index (χ3n) is 6.68. The second-order valence-electron chi connectivity index (χ2n) is 10.2. The summed E-state index contributed by atoms with van der Waals surface area (Å²) in [5, 5.41) is 25.0. The molecule has 1 saturated heterocycles. The van der Waals surface area contributed by atoms with Gasteiger partial charge in [-0.25, -0.2) is 9.98 Å². The molecule has 3 aliphatic heterocycles. The molecule has 0 bridgehead atoms. The van der Waals surface area contributed by atoms with Crippen molar-refractivity contribution in [1.29, 1.82) is 0 Å². The van der Waals surface area contributed by atoms with Crippen LogP contribution < -0.4 is 10.6 Å². The lowest BCUT2D eigenvalue weighted by Crippen LogP contribution is -2.39. The zero-order valence-corrected chi connectivity index (χ0v) is 27.0. The van der Waals surface area contributed by atoms with E-state index in [-0.39, 0.29) is 37.7 Å². The van der Waals surface area contributed by atoms with E-state index in [9.17, 15) is 19.2 Å². The fraction of sp³-hybridized carbons (Fsp3) is 0.312. The van der Waals surface area contributed by atoms with Crippen molar-refractivity contribution in [2.45, 2.75) is 26.7 Å². The molecule has 2 amide bonds. The molecule has 2 aromatic carbocycles. The van der Waals surface area contributed by atoms with Gasteiger partial charge in [-0.3, -0.25) is 29.0 Å². The first-order valence-corrected chi connectivity index (χ1v) is 15.2. The number of carbonyl (C=O) groups is 4. The highest BCUT2D eigenvalue weighted by Crippen LogP contribution is 2.21. The average Bonchev–Trinajstić information content (AvgIpc) is 3.45. The van der Waals surface area contributed by atoms with Crippen LogP contribution in [0.4, 0.5) is 0 Å². The molecule has 5 rings (SSSR count). The molecule has 14 heteroatoms. The summed E-state index contributed by atoms with van der Waals surface area (Å²) >= 11 is 11.6. The van der Waals surface area contributed by atoms with Crippen molar-refractivity contribution in [2.75, 3.05) is 39.3 Å². The van der Waals surface area contributed by atoms with Gasteiger partial charge in [-0.15, -0.1) is 0 Å². The van der Waals surface area contributed by atoms with E-state index in [2.05, 4.69) is 20.6 Å². The summed E-state index contributed by atoms with van der Waals surface area (Å²) in [5.74, 6) is -1.42. The van der Waals surface area contributed by atoms with Crippen LogP contribution in [0.2, 0.25) is 10.0 Å². The van der Waals surface area contributed by atoms with Gasteiger partial charge in [-0.05, 0) is 61.4 Å². The Hall–Kier alpha value is -4.36. The SMILES string of the molecule is C1CNCCN1.CC1=N/C(=C/c2ccc(Cl)cc2)C(=O)N1CCC(=O)O.CC1=N/C(=C/c2ccc(Cl)cc2)C(=O)N1CCC(=O)O. The number of benzene rings is 2. The molecule has 46 heavy (non-hydrogen) atoms. The van der Waals surface area contributed by atoms with Gasteiger partial charge in [0.1, 0.15) is 23.1 Å². The smallest absolute Gasteiger partial charge is 0.305 e. The van der Waals surface area contributed by atoms with Gasteiger partial charge >= 0.3 is 11.9 Å². The molecule has 0 aliphatic carbocycles. The molecule has 0 unspecified atom stereocenters. The lowest BCUT2D eigenvalue weighted by atomic mass is 10.2. The van der Waals surface area contributed by atoms with Crippen molar-refractivity contribution >= 4 is 70.8 Å². The highest BCUT2D eigenvalue weighted by atomic mass is 35.5. The molecule has 0 atom stereocenters. The standard InChI is InChI=1S/2C14H13ClN2O3.C4H10N2/c2*1-9-16-12(8-10-2-4-11(15)5-3-10)14(20)17(9)7-6-13(18)19;1-2-6-4-3-5-1/h2*2-5,8H,6-7H2,1H3,(H,18,19);5-6H,1-4H2/b2*12-8+;. The Bertz CT molecular complexity index is 1410. The number of carboxylic acid groups (broad SMARTS) is 2. The van der Waals surface area contributed by atoms with Gasteiger partial charge in [0.25, 0.3) is 11.8 Å². The number of carbonyl (C=O) groups excluding carboxylic acids is 2. The first-order valence-electron chi connectivity index (χ1n) is 14.5. The number of rotatable bonds is 8. The maximum absolute atomic E-state index is 12.1. The molecular formula is C32H36Cl2N6O6. The summed E-state index contributed by atoms with van der Waals surface area (Å²) in [5.41, 5.74) is 2.23. The van der Waals surface area contributed by atoms with Crippen LogP contribution in [-0.2, 0) is 19.2 Å². The summed E-state index contributed by atoms with van der Waals surface area (Å²) in [4.78, 5) is 56.5. The predicted octanol–water partition coefficient (Wildman–Crippen LogP) is 4.01. The van der Waals surface area contributed by atoms with Crippen molar-refractivity contribution < 1.29 is 29.4 Å². The maximum Gasteiger partial charge on any atom is 0.305 e. The van der Waals surface area contributed by atoms with E-state index in [4.69, 9.17) is 33.4 Å². The van der Waals surface area contributed by atoms with Gasteiger partial charge in [-0.2, -0.15) is 0 Å². The van der Waals surface area contributed by atoms with Gasteiger partial charge in [-0.1, -0.05) is 47.5 Å². The van der Waals surface area contributed by atoms with Gasteiger partial charge in [0.15, 0.2) is 0 Å². The Morgan fingerprint density at radius 2 is 1.02 bits per heavy atom. The Balaban J connectivity index is 0.000000212. The number of piperazine rings is 1. The maximum atomic E-state index is 12.1. The normalized spacial score (nSPS) is 17.7. The second kappa shape index (κ2) is 18.0. The summed E-state index contributed by atoms with van der Waals surface area (Å²) in [6.07, 6.45) is 3.10. The molecule has 0 aromatic heterocycles. The number of halogens is 2. The number of carboxylic acids is 2. The van der Waals surface area contributed by atoms with E-state index in [0.29, 0.717) is 33.1 Å². The van der Waals surface area contributed by atoms with E-state index < -0.39 is 11.9 Å². The number of nitrogens with one attached hydrogen (secondary N) is 2. The van der Waals surface area contributed by atoms with Gasteiger partial charge in [0.2, 0.25) is 0 Å². The lowest BCUT2D eigenvalue weighted by Gasteiger charge is -2.13. The Labute approximate surface area is 277 Å². The third-order valence-corrected chi connectivity index (χ3v) is 7.18. The largest absolute Gasteiger partial charge is 0.481 e. The fourth-order valence-corrected chi connectivity index (χ4v) is 4.55. The van der Waals surface area contributed by atoms with E-state index in [1.807, 2.05) is 0 Å². The monoisotopic (exact) mass is 670 g/mol. The van der Waals surface area contributed by atoms with E-state index in [1.54, 1.807) is 74.5 Å². The van der Waals surface area contributed by atoms with Gasteiger partial charge in [0.05, 0.1) is 12.8 Å². The van der Waals surface area contributed by atoms with Crippen molar-refractivity contribution in [3.63, 3.8) is 0 Å². The number of hydrogen-bond acceptors (Lipinski definition) is 8. The first-order chi connectivity index (χ1) is 21.9. The Morgan fingerprint density at radius 3 is 1.30 bits per heavy atom. The molecule has 244 valence electrons. The van der Waals surface area contributed by atoms with Crippen LogP contribution in [0, 0.1) is 0 Å². The summed E-state index contributed by atoms with van der Waals surface area (Å²) in [6, 6.07) is 14.1. The molecule has 2 aromatic rings. The number of aliphatic carboxylic acids is 2. The first kappa shape index (κ1) is 36.1. The van der Waals surface area contributed by atoms with Crippen LogP contribution in [0.3, 0.4) is 0 Å². The molecule has 3 aliphatic rings. The minimum atomic E-state index is -0.944. The minimum Gasteiger partial charge on any atom is -0.481 e. The quantitative estimate of drug-likeness (QED) is 0.306. The van der Waals surface area contributed by atoms with E-state index in [0.717, 1.165) is 37.3 Å². The second-order valence-corrected chi connectivity index (χ2v) is 11.1. The summed E-state index contributed by atoms with van der Waals surface area (Å²) in [7, 11) is 0. The van der Waals surface area contributed by atoms with Crippen LogP contribution in [0.25, 0.3) is 12.2 Å². The third kappa shape index (κ3) is 11.5. The zero-order valence-electron chi connectivity index (χ0n) is 25.5. The van der Waals surface area contributed by atoms with Gasteiger partial charge in [0, 0.05) is 49.3 Å². The Morgan fingerprint density at radius 1 is 0.696 bits per heavy atom. The number of aliphatic imine (C=N–C) groups is 2. The molecule has 12 nitrogen and oxygen atoms in total. The topological polar surface area (TPSA) is 164 Å². The number of hydrogen-bond donors (Lipinski definition) is 4. The van der Waals surface area contributed by atoms with Crippen LogP contribution in [0.1, 0.15) is 37.8 Å². The highest BCUT2D eigenvalue weighted by Gasteiger charge is 2.28. The van der Waals surface area contributed by atoms with Crippen molar-refractivity contribution in [3.8, 4) is 0 Å². The molecular weight excluding hydrogens is 635 g/mol. The number of nitrogens with zero attached hydrogens (tertiary/aromatic N) is 4. The molecule has 0 spiro atoms.